The number of alkyl halides is 2. The summed E-state index contributed by atoms with van der Waals surface area (Å²) in [7, 11) is 0. The lowest BCUT2D eigenvalue weighted by molar-refractivity contribution is -0.384. The van der Waals surface area contributed by atoms with Crippen LogP contribution in [-0.4, -0.2) is 14.6 Å². The number of nitro groups is 1. The van der Waals surface area contributed by atoms with Crippen LogP contribution in [0.1, 0.15) is 5.56 Å². The highest BCUT2D eigenvalue weighted by atomic mass is 79.9. The van der Waals surface area contributed by atoms with Gasteiger partial charge in [0.2, 0.25) is 0 Å². The minimum absolute atomic E-state index is 0.0553. The molecular weight excluding hydrogens is 340 g/mol. The van der Waals surface area contributed by atoms with Crippen LogP contribution >= 0.6 is 31.9 Å². The molecular formula is C10H8Br2N2O2. The van der Waals surface area contributed by atoms with Gasteiger partial charge in [-0.1, -0.05) is 44.0 Å². The molecule has 0 fully saturated rings. The summed E-state index contributed by atoms with van der Waals surface area (Å²) in [6, 6.07) is 8.35. The van der Waals surface area contributed by atoms with E-state index in [1.54, 1.807) is 12.1 Å². The van der Waals surface area contributed by atoms with Crippen LogP contribution in [0.3, 0.4) is 0 Å². The smallest absolute Gasteiger partial charge is 0.258 e. The first-order chi connectivity index (χ1) is 7.50. The van der Waals surface area contributed by atoms with Crippen molar-refractivity contribution in [3.8, 4) is 6.07 Å². The number of nitrogens with zero attached hydrogens (tertiary/aromatic N) is 2. The van der Waals surface area contributed by atoms with Crippen molar-refractivity contribution in [2.24, 2.45) is 0 Å². The summed E-state index contributed by atoms with van der Waals surface area (Å²) in [5.74, 6) is 0. The summed E-state index contributed by atoms with van der Waals surface area (Å²) >= 11 is 6.58. The van der Waals surface area contributed by atoms with Gasteiger partial charge in [0.1, 0.15) is 4.32 Å². The topological polar surface area (TPSA) is 66.9 Å². The maximum atomic E-state index is 10.4. The van der Waals surface area contributed by atoms with Crippen LogP contribution in [-0.2, 0) is 6.42 Å². The summed E-state index contributed by atoms with van der Waals surface area (Å²) in [5.41, 5.74) is 0.934. The average Bonchev–Trinajstić information content (AvgIpc) is 2.29. The number of rotatable bonds is 4. The number of nitro benzene ring substituents is 1. The summed E-state index contributed by atoms with van der Waals surface area (Å²) in [6.07, 6.45) is 0.493. The van der Waals surface area contributed by atoms with Crippen molar-refractivity contribution in [2.45, 2.75) is 10.7 Å². The molecule has 0 aliphatic heterocycles. The third kappa shape index (κ3) is 3.29. The molecule has 1 aromatic carbocycles. The highest BCUT2D eigenvalue weighted by molar-refractivity contribution is 9.12. The van der Waals surface area contributed by atoms with E-state index in [1.165, 1.54) is 12.1 Å². The number of benzene rings is 1. The summed E-state index contributed by atoms with van der Waals surface area (Å²) < 4.78 is -0.664. The number of nitriles is 1. The highest BCUT2D eigenvalue weighted by Gasteiger charge is 2.25. The van der Waals surface area contributed by atoms with Gasteiger partial charge in [-0.05, 0) is 5.56 Å². The Balaban J connectivity index is 2.84. The second-order valence-corrected chi connectivity index (χ2v) is 5.39. The van der Waals surface area contributed by atoms with Crippen molar-refractivity contribution in [1.82, 2.24) is 0 Å². The Labute approximate surface area is 110 Å². The van der Waals surface area contributed by atoms with Crippen molar-refractivity contribution in [2.75, 3.05) is 5.33 Å². The fourth-order valence-corrected chi connectivity index (χ4v) is 1.82. The zero-order valence-electron chi connectivity index (χ0n) is 8.19. The summed E-state index contributed by atoms with van der Waals surface area (Å²) in [4.78, 5) is 10.0. The molecule has 0 saturated heterocycles. The van der Waals surface area contributed by atoms with Gasteiger partial charge in [0.15, 0.2) is 0 Å². The monoisotopic (exact) mass is 346 g/mol. The van der Waals surface area contributed by atoms with Crippen LogP contribution in [0, 0.1) is 21.4 Å². The van der Waals surface area contributed by atoms with Gasteiger partial charge < -0.3 is 0 Å². The van der Waals surface area contributed by atoms with E-state index in [9.17, 15) is 10.1 Å². The molecule has 0 aliphatic rings. The normalized spacial score (nSPS) is 13.8. The van der Waals surface area contributed by atoms with Gasteiger partial charge in [-0.2, -0.15) is 5.26 Å². The highest BCUT2D eigenvalue weighted by Crippen LogP contribution is 2.26. The van der Waals surface area contributed by atoms with Crippen LogP contribution in [0.15, 0.2) is 24.3 Å². The standard InChI is InChI=1S/C10H8Br2N2O2/c11-6-10(12,7-13)5-8-1-3-9(4-2-8)14(15)16/h1-4H,5-6H2. The number of hydrogen-bond donors (Lipinski definition) is 0. The molecule has 1 aromatic rings. The first-order valence-electron chi connectivity index (χ1n) is 4.40. The molecule has 4 nitrogen and oxygen atoms in total. The predicted molar refractivity (Wildman–Crippen MR) is 67.9 cm³/mol. The van der Waals surface area contributed by atoms with E-state index < -0.39 is 9.25 Å². The Morgan fingerprint density at radius 3 is 2.38 bits per heavy atom. The first kappa shape index (κ1) is 13.1. The molecule has 0 aromatic heterocycles. The quantitative estimate of drug-likeness (QED) is 0.477. The third-order valence-corrected chi connectivity index (χ3v) is 4.49. The van der Waals surface area contributed by atoms with Crippen LogP contribution in [0.2, 0.25) is 0 Å². The molecule has 0 amide bonds. The Kier molecular flexibility index (Phi) is 4.44. The molecule has 16 heavy (non-hydrogen) atoms. The molecule has 0 bridgehead atoms. The average molecular weight is 348 g/mol. The second kappa shape index (κ2) is 5.41. The predicted octanol–water partition coefficient (Wildman–Crippen LogP) is 3.19. The van der Waals surface area contributed by atoms with E-state index in [2.05, 4.69) is 37.9 Å². The van der Waals surface area contributed by atoms with E-state index in [4.69, 9.17) is 5.26 Å². The molecule has 6 heteroatoms. The van der Waals surface area contributed by atoms with Crippen LogP contribution < -0.4 is 0 Å². The van der Waals surface area contributed by atoms with E-state index in [1.807, 2.05) is 0 Å². The van der Waals surface area contributed by atoms with Gasteiger partial charge >= 0.3 is 0 Å². The van der Waals surface area contributed by atoms with Crippen molar-refractivity contribution < 1.29 is 4.92 Å². The van der Waals surface area contributed by atoms with Gasteiger partial charge in [0, 0.05) is 23.9 Å². The Morgan fingerprint density at radius 2 is 2.00 bits per heavy atom. The van der Waals surface area contributed by atoms with Crippen molar-refractivity contribution in [1.29, 1.82) is 5.26 Å². The van der Waals surface area contributed by atoms with E-state index in [0.29, 0.717) is 11.8 Å². The van der Waals surface area contributed by atoms with Crippen molar-refractivity contribution in [3.63, 3.8) is 0 Å². The number of halogens is 2. The van der Waals surface area contributed by atoms with Gasteiger partial charge in [0.05, 0.1) is 11.0 Å². The lowest BCUT2D eigenvalue weighted by Crippen LogP contribution is -2.23. The second-order valence-electron chi connectivity index (χ2n) is 3.31. The Morgan fingerprint density at radius 1 is 1.44 bits per heavy atom. The SMILES string of the molecule is N#CC(Br)(CBr)Cc1ccc([N+](=O)[O-])cc1. The number of non-ortho nitro benzene ring substituents is 1. The van der Waals surface area contributed by atoms with Crippen LogP contribution in [0.4, 0.5) is 5.69 Å². The minimum atomic E-state index is -0.664. The maximum absolute atomic E-state index is 10.4. The van der Waals surface area contributed by atoms with E-state index in [0.717, 1.165) is 5.56 Å². The summed E-state index contributed by atoms with van der Waals surface area (Å²) in [6.45, 7) is 0. The fraction of sp³-hybridized carbons (Fsp3) is 0.300. The zero-order chi connectivity index (χ0) is 12.2. The molecule has 0 aliphatic carbocycles. The Hall–Kier alpha value is -0.930. The van der Waals surface area contributed by atoms with Crippen molar-refractivity contribution in [3.05, 3.63) is 39.9 Å². The molecule has 1 unspecified atom stereocenters. The van der Waals surface area contributed by atoms with E-state index in [-0.39, 0.29) is 5.69 Å². The van der Waals surface area contributed by atoms with Crippen molar-refractivity contribution >= 4 is 37.5 Å². The van der Waals surface area contributed by atoms with Gasteiger partial charge in [0.25, 0.3) is 5.69 Å². The molecule has 0 saturated carbocycles. The zero-order valence-corrected chi connectivity index (χ0v) is 11.4. The molecule has 0 radical (unpaired) electrons. The molecule has 0 spiro atoms. The van der Waals surface area contributed by atoms with Gasteiger partial charge in [-0.15, -0.1) is 0 Å². The fourth-order valence-electron chi connectivity index (χ4n) is 1.18. The minimum Gasteiger partial charge on any atom is -0.258 e. The third-order valence-electron chi connectivity index (χ3n) is 2.04. The van der Waals surface area contributed by atoms with Gasteiger partial charge in [-0.3, -0.25) is 10.1 Å². The molecule has 1 atom stereocenters. The molecule has 0 heterocycles. The molecule has 1 rings (SSSR count). The Bertz CT molecular complexity index is 427. The van der Waals surface area contributed by atoms with Gasteiger partial charge in [-0.25, -0.2) is 0 Å². The maximum Gasteiger partial charge on any atom is 0.269 e. The first-order valence-corrected chi connectivity index (χ1v) is 6.32. The van der Waals surface area contributed by atoms with E-state index >= 15 is 0 Å². The summed E-state index contributed by atoms with van der Waals surface area (Å²) in [5, 5.41) is 19.9. The molecule has 0 N–H and O–H groups in total. The lowest BCUT2D eigenvalue weighted by Gasteiger charge is -2.15. The largest absolute Gasteiger partial charge is 0.269 e. The molecule has 84 valence electrons. The van der Waals surface area contributed by atoms with Crippen LogP contribution in [0.25, 0.3) is 0 Å². The number of hydrogen-bond acceptors (Lipinski definition) is 3. The lowest BCUT2D eigenvalue weighted by atomic mass is 10.0. The van der Waals surface area contributed by atoms with Crippen LogP contribution in [0.5, 0.6) is 0 Å².